The lowest BCUT2D eigenvalue weighted by molar-refractivity contribution is -0.122. The van der Waals surface area contributed by atoms with Crippen molar-refractivity contribution in [1.29, 1.82) is 0 Å². The van der Waals surface area contributed by atoms with Crippen molar-refractivity contribution in [3.63, 3.8) is 0 Å². The van der Waals surface area contributed by atoms with Crippen LogP contribution in [0.25, 0.3) is 0 Å². The molecular weight excluding hydrogens is 223 g/mol. The minimum atomic E-state index is -0.461. The van der Waals surface area contributed by atoms with E-state index in [9.17, 15) is 9.18 Å². The molecule has 0 saturated carbocycles. The summed E-state index contributed by atoms with van der Waals surface area (Å²) in [5.74, 6) is -1.20. The number of carbonyl (C=O) groups is 1. The monoisotopic (exact) mass is 240 g/mol. The molecule has 1 unspecified atom stereocenters. The van der Waals surface area contributed by atoms with Crippen LogP contribution in [-0.2, 0) is 11.3 Å². The molecule has 94 valence electrons. The number of halogens is 1. The Bertz CT molecular complexity index is 396. The fourth-order valence-electron chi connectivity index (χ4n) is 1.27. The van der Waals surface area contributed by atoms with E-state index >= 15 is 0 Å². The van der Waals surface area contributed by atoms with Crippen LogP contribution in [0.15, 0.2) is 18.2 Å². The summed E-state index contributed by atoms with van der Waals surface area (Å²) in [7, 11) is 1.79. The summed E-state index contributed by atoms with van der Waals surface area (Å²) in [5.41, 5.74) is 5.91. The molecule has 1 aromatic rings. The van der Waals surface area contributed by atoms with Gasteiger partial charge in [-0.1, -0.05) is 13.0 Å². The minimum Gasteiger partial charge on any atom is -0.490 e. The molecule has 0 aliphatic heterocycles. The molecule has 17 heavy (non-hydrogen) atoms. The molecule has 1 atom stereocenters. The number of nitrogens with one attached hydrogen (secondary N) is 1. The fraction of sp³-hybridized carbons (Fsp3) is 0.417. The lowest BCUT2D eigenvalue weighted by atomic mass is 10.2. The van der Waals surface area contributed by atoms with Gasteiger partial charge < -0.3 is 15.8 Å². The summed E-state index contributed by atoms with van der Waals surface area (Å²) >= 11 is 0. The van der Waals surface area contributed by atoms with Gasteiger partial charge in [0.25, 0.3) is 0 Å². The van der Waals surface area contributed by atoms with E-state index in [-0.39, 0.29) is 12.4 Å². The lowest BCUT2D eigenvalue weighted by Gasteiger charge is -2.11. The molecule has 0 radical (unpaired) electrons. The van der Waals surface area contributed by atoms with Crippen molar-refractivity contribution in [1.82, 2.24) is 5.32 Å². The highest BCUT2D eigenvalue weighted by molar-refractivity contribution is 5.76. The number of hydrogen-bond acceptors (Lipinski definition) is 3. The Morgan fingerprint density at radius 1 is 1.59 bits per heavy atom. The molecule has 0 fully saturated rings. The van der Waals surface area contributed by atoms with Crippen molar-refractivity contribution in [2.24, 2.45) is 11.7 Å². The summed E-state index contributed by atoms with van der Waals surface area (Å²) in [5, 5.41) is 2.93. The van der Waals surface area contributed by atoms with Gasteiger partial charge in [-0.2, -0.15) is 0 Å². The Kier molecular flexibility index (Phi) is 4.90. The van der Waals surface area contributed by atoms with Crippen LogP contribution < -0.4 is 15.8 Å². The molecule has 0 aliphatic rings. The summed E-state index contributed by atoms with van der Waals surface area (Å²) in [4.78, 5) is 10.8. The number of benzene rings is 1. The Morgan fingerprint density at radius 2 is 2.29 bits per heavy atom. The first-order chi connectivity index (χ1) is 8.04. The maximum Gasteiger partial charge on any atom is 0.223 e. The number of hydrogen-bond donors (Lipinski definition) is 2. The van der Waals surface area contributed by atoms with Crippen LogP contribution in [0.3, 0.4) is 0 Å². The first-order valence-corrected chi connectivity index (χ1v) is 5.39. The van der Waals surface area contributed by atoms with Gasteiger partial charge in [-0.15, -0.1) is 0 Å². The van der Waals surface area contributed by atoms with E-state index in [2.05, 4.69) is 5.32 Å². The van der Waals surface area contributed by atoms with Gasteiger partial charge in [0.2, 0.25) is 5.91 Å². The van der Waals surface area contributed by atoms with Crippen LogP contribution in [-0.4, -0.2) is 19.6 Å². The van der Waals surface area contributed by atoms with Crippen molar-refractivity contribution in [2.45, 2.75) is 13.5 Å². The van der Waals surface area contributed by atoms with E-state index in [0.29, 0.717) is 6.54 Å². The van der Waals surface area contributed by atoms with Gasteiger partial charge in [0.15, 0.2) is 11.6 Å². The van der Waals surface area contributed by atoms with Crippen molar-refractivity contribution >= 4 is 5.91 Å². The summed E-state index contributed by atoms with van der Waals surface area (Å²) in [6.45, 7) is 2.31. The quantitative estimate of drug-likeness (QED) is 0.781. The van der Waals surface area contributed by atoms with E-state index in [4.69, 9.17) is 10.5 Å². The average Bonchev–Trinajstić information content (AvgIpc) is 2.27. The summed E-state index contributed by atoms with van der Waals surface area (Å²) < 4.78 is 18.8. The molecule has 0 heterocycles. The molecule has 1 amide bonds. The second-order valence-corrected chi connectivity index (χ2v) is 3.91. The maximum atomic E-state index is 13.6. The molecule has 1 aromatic carbocycles. The SMILES string of the molecule is CNCc1ccc(OCC(C)C(N)=O)c(F)c1. The Labute approximate surface area is 100.0 Å². The van der Waals surface area contributed by atoms with Gasteiger partial charge in [0.05, 0.1) is 12.5 Å². The predicted octanol–water partition coefficient (Wildman–Crippen LogP) is 1.05. The molecule has 0 bridgehead atoms. The zero-order valence-electron chi connectivity index (χ0n) is 10.00. The van der Waals surface area contributed by atoms with Gasteiger partial charge in [-0.3, -0.25) is 4.79 Å². The van der Waals surface area contributed by atoms with E-state index in [1.54, 1.807) is 26.1 Å². The molecule has 3 N–H and O–H groups in total. The Morgan fingerprint density at radius 3 is 2.82 bits per heavy atom. The third-order valence-corrected chi connectivity index (χ3v) is 2.35. The van der Waals surface area contributed by atoms with E-state index in [0.717, 1.165) is 5.56 Å². The highest BCUT2D eigenvalue weighted by Gasteiger charge is 2.11. The summed E-state index contributed by atoms with van der Waals surface area (Å²) in [6, 6.07) is 4.72. The maximum absolute atomic E-state index is 13.6. The normalized spacial score (nSPS) is 12.2. The first-order valence-electron chi connectivity index (χ1n) is 5.39. The number of primary amides is 1. The second kappa shape index (κ2) is 6.20. The van der Waals surface area contributed by atoms with Gasteiger partial charge in [-0.05, 0) is 24.7 Å². The van der Waals surface area contributed by atoms with Crippen LogP contribution >= 0.6 is 0 Å². The zero-order valence-corrected chi connectivity index (χ0v) is 10.00. The van der Waals surface area contributed by atoms with E-state index < -0.39 is 17.6 Å². The topological polar surface area (TPSA) is 64.3 Å². The highest BCUT2D eigenvalue weighted by Crippen LogP contribution is 2.19. The highest BCUT2D eigenvalue weighted by atomic mass is 19.1. The van der Waals surface area contributed by atoms with E-state index in [1.165, 1.54) is 6.07 Å². The van der Waals surface area contributed by atoms with Gasteiger partial charge >= 0.3 is 0 Å². The number of rotatable bonds is 6. The standard InChI is InChI=1S/C12H17FN2O2/c1-8(12(14)16)7-17-11-4-3-9(6-15-2)5-10(11)13/h3-5,8,15H,6-7H2,1-2H3,(H2,14,16). The second-order valence-electron chi connectivity index (χ2n) is 3.91. The van der Waals surface area contributed by atoms with Crippen molar-refractivity contribution in [2.75, 3.05) is 13.7 Å². The van der Waals surface area contributed by atoms with Crippen LogP contribution in [0.5, 0.6) is 5.75 Å². The van der Waals surface area contributed by atoms with Gasteiger partial charge in [-0.25, -0.2) is 4.39 Å². The molecule has 0 spiro atoms. The van der Waals surface area contributed by atoms with Gasteiger partial charge in [0.1, 0.15) is 0 Å². The first kappa shape index (κ1) is 13.4. The van der Waals surface area contributed by atoms with Crippen LogP contribution in [0.2, 0.25) is 0 Å². The molecule has 0 aromatic heterocycles. The summed E-state index contributed by atoms with van der Waals surface area (Å²) in [6.07, 6.45) is 0. The predicted molar refractivity (Wildman–Crippen MR) is 63.0 cm³/mol. The number of amides is 1. The zero-order chi connectivity index (χ0) is 12.8. The van der Waals surface area contributed by atoms with Crippen LogP contribution in [0, 0.1) is 11.7 Å². The van der Waals surface area contributed by atoms with Crippen molar-refractivity contribution < 1.29 is 13.9 Å². The minimum absolute atomic E-state index is 0.0810. The van der Waals surface area contributed by atoms with Crippen molar-refractivity contribution in [3.8, 4) is 5.75 Å². The number of nitrogens with two attached hydrogens (primary N) is 1. The molecule has 0 aliphatic carbocycles. The number of ether oxygens (including phenoxy) is 1. The van der Waals surface area contributed by atoms with Crippen molar-refractivity contribution in [3.05, 3.63) is 29.6 Å². The molecule has 4 nitrogen and oxygen atoms in total. The fourth-order valence-corrected chi connectivity index (χ4v) is 1.27. The third-order valence-electron chi connectivity index (χ3n) is 2.35. The third kappa shape index (κ3) is 4.03. The van der Waals surface area contributed by atoms with Crippen LogP contribution in [0.4, 0.5) is 4.39 Å². The Hall–Kier alpha value is -1.62. The lowest BCUT2D eigenvalue weighted by Crippen LogP contribution is -2.25. The van der Waals surface area contributed by atoms with Crippen LogP contribution in [0.1, 0.15) is 12.5 Å². The van der Waals surface area contributed by atoms with Gasteiger partial charge in [0, 0.05) is 6.54 Å². The molecule has 1 rings (SSSR count). The van der Waals surface area contributed by atoms with E-state index in [1.807, 2.05) is 0 Å². The average molecular weight is 240 g/mol. The largest absolute Gasteiger partial charge is 0.490 e. The molecule has 0 saturated heterocycles. The smallest absolute Gasteiger partial charge is 0.223 e. The Balaban J connectivity index is 2.63. The molecular formula is C12H17FN2O2. The number of carbonyl (C=O) groups excluding carboxylic acids is 1. The molecule has 5 heteroatoms.